The van der Waals surface area contributed by atoms with Crippen molar-refractivity contribution in [2.45, 2.75) is 49.9 Å². The lowest BCUT2D eigenvalue weighted by Gasteiger charge is -2.42. The van der Waals surface area contributed by atoms with E-state index < -0.39 is 29.1 Å². The van der Waals surface area contributed by atoms with E-state index in [0.29, 0.717) is 26.2 Å². The zero-order valence-corrected chi connectivity index (χ0v) is 23.8. The largest absolute Gasteiger partial charge is 0.493 e. The summed E-state index contributed by atoms with van der Waals surface area (Å²) in [4.78, 5) is 35.3. The summed E-state index contributed by atoms with van der Waals surface area (Å²) in [5.74, 6) is -2.73. The van der Waals surface area contributed by atoms with Crippen LogP contribution in [-0.4, -0.2) is 69.8 Å². The molecule has 42 heavy (non-hydrogen) atoms. The number of hydrogen-bond acceptors (Lipinski definition) is 8. The van der Waals surface area contributed by atoms with Crippen LogP contribution in [0.15, 0.2) is 65.3 Å². The van der Waals surface area contributed by atoms with Crippen LogP contribution in [0, 0.1) is 0 Å². The van der Waals surface area contributed by atoms with Crippen LogP contribution in [0.4, 0.5) is 24.5 Å². The lowest BCUT2D eigenvalue weighted by atomic mass is 9.94. The SMILES string of the molecule is CC1(C)CC2=C(SC(N3CCOCC3Cc3cccc(Nc4ccc5[nH]ccc5c4)c3)N2OC(=O)C(F)(F)F)C(=O)N1. The standard InChI is InChI=1S/C29H30F3N5O4S/c1-28(2)15-23-24(25(38)35-28)42-27(37(23)41-26(39)29(30,31)32)36-10-11-40-16-21(36)13-17-4-3-5-19(12-17)34-20-6-7-22-18(14-20)8-9-33-22/h3-9,12,14,21,27,33-34H,10-11,13,15-16H2,1-2H3,(H,35,38). The molecule has 1 saturated heterocycles. The second-order valence-electron chi connectivity index (χ2n) is 11.2. The Morgan fingerprint density at radius 2 is 2.00 bits per heavy atom. The number of thioether (sulfide) groups is 1. The van der Waals surface area contributed by atoms with Crippen molar-refractivity contribution >= 4 is 45.9 Å². The Morgan fingerprint density at radius 3 is 2.81 bits per heavy atom. The van der Waals surface area contributed by atoms with E-state index in [1.54, 1.807) is 13.8 Å². The Bertz CT molecular complexity index is 1560. The molecule has 0 bridgehead atoms. The monoisotopic (exact) mass is 601 g/mol. The molecule has 3 aliphatic heterocycles. The summed E-state index contributed by atoms with van der Waals surface area (Å²) in [6, 6.07) is 15.7. The molecule has 9 nitrogen and oxygen atoms in total. The molecule has 6 rings (SSSR count). The second kappa shape index (κ2) is 10.9. The number of aromatic amines is 1. The van der Waals surface area contributed by atoms with Gasteiger partial charge in [-0.1, -0.05) is 23.9 Å². The number of rotatable bonds is 6. The quantitative estimate of drug-likeness (QED) is 0.363. The maximum atomic E-state index is 13.3. The number of alkyl halides is 3. The molecular formula is C29H30F3N5O4S. The Balaban J connectivity index is 1.24. The average Bonchev–Trinajstić information content (AvgIpc) is 3.53. The molecule has 3 aromatic rings. The third kappa shape index (κ3) is 5.81. The fourth-order valence-corrected chi connectivity index (χ4v) is 6.89. The molecule has 222 valence electrons. The number of amides is 1. The molecule has 3 N–H and O–H groups in total. The first-order valence-electron chi connectivity index (χ1n) is 13.5. The number of hydrogen-bond donors (Lipinski definition) is 3. The minimum Gasteiger partial charge on any atom is -0.378 e. The smallest absolute Gasteiger partial charge is 0.378 e. The average molecular weight is 602 g/mol. The first-order chi connectivity index (χ1) is 20.0. The van der Waals surface area contributed by atoms with Crippen LogP contribution < -0.4 is 10.6 Å². The van der Waals surface area contributed by atoms with Gasteiger partial charge in [-0.05, 0) is 62.2 Å². The summed E-state index contributed by atoms with van der Waals surface area (Å²) in [5.41, 5.74) is 2.54. The van der Waals surface area contributed by atoms with E-state index >= 15 is 0 Å². The molecule has 0 aliphatic carbocycles. The number of H-pyrrole nitrogens is 1. The summed E-state index contributed by atoms with van der Waals surface area (Å²) in [7, 11) is 0. The van der Waals surface area contributed by atoms with Crippen LogP contribution in [0.5, 0.6) is 0 Å². The van der Waals surface area contributed by atoms with E-state index in [2.05, 4.69) is 21.7 Å². The number of halogens is 3. The molecule has 1 aromatic heterocycles. The van der Waals surface area contributed by atoms with Crippen molar-refractivity contribution in [3.63, 3.8) is 0 Å². The summed E-state index contributed by atoms with van der Waals surface area (Å²) >= 11 is 1.10. The second-order valence-corrected chi connectivity index (χ2v) is 12.3. The lowest BCUT2D eigenvalue weighted by molar-refractivity contribution is -0.243. The highest BCUT2D eigenvalue weighted by molar-refractivity contribution is 8.04. The van der Waals surface area contributed by atoms with Crippen LogP contribution in [0.25, 0.3) is 10.9 Å². The Labute approximate surface area is 244 Å². The number of carbonyl (C=O) groups is 2. The Kier molecular flexibility index (Phi) is 7.36. The summed E-state index contributed by atoms with van der Waals surface area (Å²) < 4.78 is 45.7. The molecule has 13 heteroatoms. The van der Waals surface area contributed by atoms with Crippen LogP contribution in [0.3, 0.4) is 0 Å². The van der Waals surface area contributed by atoms with Crippen molar-refractivity contribution < 1.29 is 32.3 Å². The van der Waals surface area contributed by atoms with Crippen LogP contribution in [0.2, 0.25) is 0 Å². The van der Waals surface area contributed by atoms with Gasteiger partial charge in [-0.25, -0.2) is 4.79 Å². The van der Waals surface area contributed by atoms with Gasteiger partial charge in [0, 0.05) is 53.0 Å². The fourth-order valence-electron chi connectivity index (χ4n) is 5.55. The zero-order chi connectivity index (χ0) is 29.6. The van der Waals surface area contributed by atoms with Gasteiger partial charge >= 0.3 is 12.1 Å². The number of hydroxylamine groups is 2. The first-order valence-corrected chi connectivity index (χ1v) is 14.4. The van der Waals surface area contributed by atoms with Crippen LogP contribution in [-0.2, 0) is 25.6 Å². The minimum absolute atomic E-state index is 0.208. The summed E-state index contributed by atoms with van der Waals surface area (Å²) in [5, 5.41) is 8.39. The van der Waals surface area contributed by atoms with Crippen molar-refractivity contribution in [1.29, 1.82) is 0 Å². The van der Waals surface area contributed by atoms with Gasteiger partial charge in [0.15, 0.2) is 5.50 Å². The molecule has 3 aliphatic rings. The predicted octanol–water partition coefficient (Wildman–Crippen LogP) is 5.02. The van der Waals surface area contributed by atoms with Crippen LogP contribution >= 0.6 is 11.8 Å². The van der Waals surface area contributed by atoms with Gasteiger partial charge in [-0.2, -0.15) is 18.2 Å². The summed E-state index contributed by atoms with van der Waals surface area (Å²) in [6.07, 6.45) is -2.57. The van der Waals surface area contributed by atoms with E-state index in [4.69, 9.17) is 9.57 Å². The number of nitrogens with zero attached hydrogens (tertiary/aromatic N) is 2. The molecule has 2 aromatic carbocycles. The number of aromatic nitrogens is 1. The number of morpholine rings is 1. The number of benzene rings is 2. The van der Waals surface area contributed by atoms with Crippen molar-refractivity contribution in [2.24, 2.45) is 0 Å². The van der Waals surface area contributed by atoms with Crippen molar-refractivity contribution in [3.05, 3.63) is 70.9 Å². The van der Waals surface area contributed by atoms with Crippen molar-refractivity contribution in [2.75, 3.05) is 25.1 Å². The van der Waals surface area contributed by atoms with Gasteiger partial charge in [-0.15, -0.1) is 0 Å². The zero-order valence-electron chi connectivity index (χ0n) is 23.0. The molecule has 0 spiro atoms. The number of nitrogens with one attached hydrogen (secondary N) is 3. The Hall–Kier alpha value is -3.68. The van der Waals surface area contributed by atoms with Gasteiger partial charge in [0.2, 0.25) is 0 Å². The molecule has 2 atom stereocenters. The highest BCUT2D eigenvalue weighted by atomic mass is 32.2. The minimum atomic E-state index is -5.19. The molecule has 1 fully saturated rings. The van der Waals surface area contributed by atoms with E-state index in [9.17, 15) is 22.8 Å². The van der Waals surface area contributed by atoms with Gasteiger partial charge < -0.3 is 25.2 Å². The first kappa shape index (κ1) is 28.4. The summed E-state index contributed by atoms with van der Waals surface area (Å²) in [6.45, 7) is 4.59. The van der Waals surface area contributed by atoms with Crippen LogP contribution in [0.1, 0.15) is 25.8 Å². The van der Waals surface area contributed by atoms with E-state index in [-0.39, 0.29) is 23.1 Å². The molecular weight excluding hydrogens is 571 g/mol. The van der Waals surface area contributed by atoms with E-state index in [1.807, 2.05) is 53.6 Å². The van der Waals surface area contributed by atoms with Gasteiger partial charge in [0.05, 0.1) is 23.8 Å². The fraction of sp³-hybridized carbons (Fsp3) is 0.379. The number of anilines is 2. The number of ether oxygens (including phenoxy) is 1. The maximum absolute atomic E-state index is 13.3. The third-order valence-corrected chi connectivity index (χ3v) is 8.76. The maximum Gasteiger partial charge on any atom is 0.493 e. The number of carbonyl (C=O) groups excluding carboxylic acids is 2. The predicted molar refractivity (Wildman–Crippen MR) is 152 cm³/mol. The van der Waals surface area contributed by atoms with Gasteiger partial charge in [0.1, 0.15) is 0 Å². The highest BCUT2D eigenvalue weighted by Gasteiger charge is 2.51. The molecule has 4 heterocycles. The highest BCUT2D eigenvalue weighted by Crippen LogP contribution is 2.46. The van der Waals surface area contributed by atoms with Crippen molar-refractivity contribution in [3.8, 4) is 0 Å². The van der Waals surface area contributed by atoms with Gasteiger partial charge in [0.25, 0.3) is 5.91 Å². The normalized spacial score (nSPS) is 22.7. The molecule has 1 amide bonds. The molecule has 0 radical (unpaired) electrons. The van der Waals surface area contributed by atoms with E-state index in [1.165, 1.54) is 0 Å². The van der Waals surface area contributed by atoms with Gasteiger partial charge in [-0.3, -0.25) is 9.69 Å². The molecule has 2 unspecified atom stereocenters. The van der Waals surface area contributed by atoms with Crippen molar-refractivity contribution in [1.82, 2.24) is 20.3 Å². The molecule has 0 saturated carbocycles. The lowest BCUT2D eigenvalue weighted by Crippen LogP contribution is -2.56. The Morgan fingerprint density at radius 1 is 1.19 bits per heavy atom. The van der Waals surface area contributed by atoms with E-state index in [0.717, 1.165) is 44.7 Å². The third-order valence-electron chi connectivity index (χ3n) is 7.43. The topological polar surface area (TPSA) is 98.9 Å². The number of fused-ring (bicyclic) bond motifs is 1.